The molecule has 5 nitrogen and oxygen atoms in total. The Kier molecular flexibility index (Phi) is 1.97. The summed E-state index contributed by atoms with van der Waals surface area (Å²) in [5, 5.41) is 14.7. The molecule has 1 N–H and O–H groups in total. The largest absolute Gasteiger partial charge is 0.321 e. The molecule has 1 amide bonds. The van der Waals surface area contributed by atoms with Gasteiger partial charge < -0.3 is 5.32 Å². The number of nitro groups is 1. The molecule has 2 aromatic carbocycles. The van der Waals surface area contributed by atoms with Gasteiger partial charge in [0.15, 0.2) is 0 Å². The number of carbonyl (C=O) groups is 1. The predicted molar refractivity (Wildman–Crippen MR) is 66.3 cm³/mol. The van der Waals surface area contributed by atoms with Gasteiger partial charge in [-0.2, -0.15) is 0 Å². The Balaban J connectivity index is 2.53. The van der Waals surface area contributed by atoms with Crippen molar-refractivity contribution in [1.29, 1.82) is 0 Å². The van der Waals surface area contributed by atoms with Crippen LogP contribution in [0.1, 0.15) is 10.4 Å². The van der Waals surface area contributed by atoms with Gasteiger partial charge in [0.05, 0.1) is 21.6 Å². The number of non-ortho nitro benzene ring substituents is 1. The lowest BCUT2D eigenvalue weighted by molar-refractivity contribution is -0.383. The standard InChI is InChI=1S/C11H5BrN2O3/c12-5-3-6-9(14(16)17)2-1-8-10(6)7(4-5)11(15)13-8/h1-4H,(H,13,15). The summed E-state index contributed by atoms with van der Waals surface area (Å²) in [5.74, 6) is -0.230. The second-order valence-corrected chi connectivity index (χ2v) is 4.64. The summed E-state index contributed by atoms with van der Waals surface area (Å²) in [6.45, 7) is 0. The number of nitro benzene ring substituents is 1. The first-order chi connectivity index (χ1) is 8.08. The normalized spacial score (nSPS) is 12.9. The molecule has 0 bridgehead atoms. The lowest BCUT2D eigenvalue weighted by Crippen LogP contribution is -2.03. The number of anilines is 1. The molecular formula is C11H5BrN2O3. The molecule has 1 aliphatic rings. The molecule has 17 heavy (non-hydrogen) atoms. The minimum absolute atomic E-state index is 0.00259. The van der Waals surface area contributed by atoms with E-state index in [1.54, 1.807) is 18.2 Å². The fourth-order valence-electron chi connectivity index (χ4n) is 2.07. The molecule has 0 aromatic heterocycles. The summed E-state index contributed by atoms with van der Waals surface area (Å²) in [4.78, 5) is 22.2. The van der Waals surface area contributed by atoms with Crippen molar-refractivity contribution >= 4 is 44.0 Å². The highest BCUT2D eigenvalue weighted by Gasteiger charge is 2.26. The first kappa shape index (κ1) is 10.2. The predicted octanol–water partition coefficient (Wildman–Crippen LogP) is 3.08. The van der Waals surface area contributed by atoms with Crippen LogP contribution in [0.4, 0.5) is 11.4 Å². The molecule has 6 heteroatoms. The lowest BCUT2D eigenvalue weighted by atomic mass is 10.0. The Hall–Kier alpha value is -1.95. The molecule has 0 radical (unpaired) electrons. The molecule has 1 heterocycles. The van der Waals surface area contributed by atoms with Gasteiger partial charge in [-0.25, -0.2) is 0 Å². The molecule has 2 aromatic rings. The second-order valence-electron chi connectivity index (χ2n) is 3.72. The van der Waals surface area contributed by atoms with E-state index in [-0.39, 0.29) is 11.6 Å². The van der Waals surface area contributed by atoms with E-state index in [0.29, 0.717) is 26.5 Å². The van der Waals surface area contributed by atoms with Crippen LogP contribution in [0.15, 0.2) is 28.7 Å². The first-order valence-corrected chi connectivity index (χ1v) is 5.59. The Morgan fingerprint density at radius 1 is 1.29 bits per heavy atom. The second kappa shape index (κ2) is 3.27. The summed E-state index contributed by atoms with van der Waals surface area (Å²) in [6.07, 6.45) is 0. The fraction of sp³-hybridized carbons (Fsp3) is 0. The van der Waals surface area contributed by atoms with Gasteiger partial charge in [-0.1, -0.05) is 15.9 Å². The molecular weight excluding hydrogens is 288 g/mol. The topological polar surface area (TPSA) is 72.2 Å². The highest BCUT2D eigenvalue weighted by atomic mass is 79.9. The SMILES string of the molecule is O=C1Nc2ccc([N+](=O)[O-])c3cc(Br)cc1c23. The summed E-state index contributed by atoms with van der Waals surface area (Å²) >= 11 is 3.26. The maximum Gasteiger partial charge on any atom is 0.277 e. The summed E-state index contributed by atoms with van der Waals surface area (Å²) in [7, 11) is 0. The first-order valence-electron chi connectivity index (χ1n) is 4.80. The van der Waals surface area contributed by atoms with E-state index in [0.717, 1.165) is 0 Å². The molecule has 0 unspecified atom stereocenters. The zero-order valence-corrected chi connectivity index (χ0v) is 9.95. The fourth-order valence-corrected chi connectivity index (χ4v) is 2.52. The number of nitrogens with one attached hydrogen (secondary N) is 1. The number of halogens is 1. The van der Waals surface area contributed by atoms with Gasteiger partial charge in [0, 0.05) is 15.9 Å². The number of rotatable bonds is 1. The molecule has 0 fully saturated rings. The van der Waals surface area contributed by atoms with Gasteiger partial charge in [0.25, 0.3) is 11.6 Å². The van der Waals surface area contributed by atoms with E-state index >= 15 is 0 Å². The van der Waals surface area contributed by atoms with E-state index in [4.69, 9.17) is 0 Å². The van der Waals surface area contributed by atoms with Gasteiger partial charge in [0.1, 0.15) is 0 Å². The molecule has 0 spiro atoms. The van der Waals surface area contributed by atoms with Crippen molar-refractivity contribution in [2.75, 3.05) is 5.32 Å². The zero-order chi connectivity index (χ0) is 12.2. The van der Waals surface area contributed by atoms with Crippen LogP contribution in [0.3, 0.4) is 0 Å². The zero-order valence-electron chi connectivity index (χ0n) is 8.36. The van der Waals surface area contributed by atoms with E-state index in [1.165, 1.54) is 6.07 Å². The van der Waals surface area contributed by atoms with Crippen molar-refractivity contribution in [3.63, 3.8) is 0 Å². The molecule has 0 atom stereocenters. The number of nitrogens with zero attached hydrogens (tertiary/aromatic N) is 1. The van der Waals surface area contributed by atoms with Crippen LogP contribution >= 0.6 is 15.9 Å². The van der Waals surface area contributed by atoms with Crippen molar-refractivity contribution in [3.8, 4) is 0 Å². The average Bonchev–Trinajstić information content (AvgIpc) is 2.56. The van der Waals surface area contributed by atoms with Gasteiger partial charge in [-0.15, -0.1) is 0 Å². The number of benzene rings is 2. The molecule has 3 rings (SSSR count). The van der Waals surface area contributed by atoms with Crippen molar-refractivity contribution in [1.82, 2.24) is 0 Å². The van der Waals surface area contributed by atoms with Gasteiger partial charge in [-0.3, -0.25) is 14.9 Å². The quantitative estimate of drug-likeness (QED) is 0.648. The van der Waals surface area contributed by atoms with Crippen LogP contribution in [0.5, 0.6) is 0 Å². The van der Waals surface area contributed by atoms with Crippen molar-refractivity contribution in [2.45, 2.75) is 0 Å². The Morgan fingerprint density at radius 2 is 2.06 bits per heavy atom. The monoisotopic (exact) mass is 292 g/mol. The van der Waals surface area contributed by atoms with E-state index in [9.17, 15) is 14.9 Å². The summed E-state index contributed by atoms with van der Waals surface area (Å²) in [5.41, 5.74) is 1.09. The number of carbonyl (C=O) groups excluding carboxylic acids is 1. The highest BCUT2D eigenvalue weighted by Crippen LogP contribution is 2.39. The van der Waals surface area contributed by atoms with E-state index in [1.807, 2.05) is 0 Å². The molecule has 0 saturated carbocycles. The molecule has 84 valence electrons. The average molecular weight is 293 g/mol. The number of hydrogen-bond acceptors (Lipinski definition) is 3. The van der Waals surface area contributed by atoms with Crippen LogP contribution in [0, 0.1) is 10.1 Å². The summed E-state index contributed by atoms with van der Waals surface area (Å²) in [6, 6.07) is 6.28. The Labute approximate surface area is 104 Å². The molecule has 0 saturated heterocycles. The van der Waals surface area contributed by atoms with Gasteiger partial charge >= 0.3 is 0 Å². The third-order valence-electron chi connectivity index (χ3n) is 2.75. The van der Waals surface area contributed by atoms with Gasteiger partial charge in [0.2, 0.25) is 0 Å². The van der Waals surface area contributed by atoms with Crippen molar-refractivity contribution < 1.29 is 9.72 Å². The van der Waals surface area contributed by atoms with E-state index in [2.05, 4.69) is 21.2 Å². The number of amides is 1. The minimum Gasteiger partial charge on any atom is -0.321 e. The minimum atomic E-state index is -0.446. The lowest BCUT2D eigenvalue weighted by Gasteiger charge is -2.02. The maximum absolute atomic E-state index is 11.7. The Morgan fingerprint density at radius 3 is 2.76 bits per heavy atom. The van der Waals surface area contributed by atoms with Crippen LogP contribution < -0.4 is 5.32 Å². The highest BCUT2D eigenvalue weighted by molar-refractivity contribution is 9.10. The smallest absolute Gasteiger partial charge is 0.277 e. The van der Waals surface area contributed by atoms with E-state index < -0.39 is 4.92 Å². The van der Waals surface area contributed by atoms with Crippen molar-refractivity contribution in [2.24, 2.45) is 0 Å². The molecule has 0 aliphatic carbocycles. The van der Waals surface area contributed by atoms with Crippen molar-refractivity contribution in [3.05, 3.63) is 44.4 Å². The summed E-state index contributed by atoms with van der Waals surface area (Å²) < 4.78 is 0.650. The van der Waals surface area contributed by atoms with Crippen LogP contribution in [0.2, 0.25) is 0 Å². The Bertz CT molecular complexity index is 697. The maximum atomic E-state index is 11.7. The third kappa shape index (κ3) is 1.34. The van der Waals surface area contributed by atoms with Crippen LogP contribution in [0.25, 0.3) is 10.8 Å². The number of hydrogen-bond donors (Lipinski definition) is 1. The molecule has 1 aliphatic heterocycles. The van der Waals surface area contributed by atoms with Crippen LogP contribution in [-0.4, -0.2) is 10.8 Å². The van der Waals surface area contributed by atoms with Gasteiger partial charge in [-0.05, 0) is 18.2 Å². The van der Waals surface area contributed by atoms with Crippen LogP contribution in [-0.2, 0) is 0 Å². The third-order valence-corrected chi connectivity index (χ3v) is 3.20.